The minimum atomic E-state index is -1.04. The maximum Gasteiger partial charge on any atom is 0.371 e. The van der Waals surface area contributed by atoms with Crippen LogP contribution in [0.25, 0.3) is 11.0 Å². The molecule has 0 aliphatic carbocycles. The number of hydrogen-bond donors (Lipinski definition) is 2. The highest BCUT2D eigenvalue weighted by Gasteiger charge is 2.10. The number of rotatable bonds is 8. The number of hydrogen-bond acceptors (Lipinski definition) is 4. The van der Waals surface area contributed by atoms with E-state index < -0.39 is 5.97 Å². The highest BCUT2D eigenvalue weighted by Crippen LogP contribution is 2.20. The Morgan fingerprint density at radius 3 is 2.71 bits per heavy atom. The van der Waals surface area contributed by atoms with E-state index in [0.717, 1.165) is 43.7 Å². The van der Waals surface area contributed by atoms with E-state index in [1.54, 1.807) is 6.07 Å². The highest BCUT2D eigenvalue weighted by molar-refractivity contribution is 5.91. The third kappa shape index (κ3) is 4.06. The maximum absolute atomic E-state index is 10.9. The van der Waals surface area contributed by atoms with Gasteiger partial charge in [0.1, 0.15) is 5.58 Å². The normalized spacial score (nSPS) is 11.4. The largest absolute Gasteiger partial charge is 0.475 e. The number of benzene rings is 1. The van der Waals surface area contributed by atoms with Crippen LogP contribution in [0, 0.1) is 0 Å². The molecule has 1 aromatic heterocycles. The van der Waals surface area contributed by atoms with Crippen LogP contribution in [0.4, 0.5) is 0 Å². The molecule has 5 nitrogen and oxygen atoms in total. The van der Waals surface area contributed by atoms with E-state index in [0.29, 0.717) is 5.58 Å². The monoisotopic (exact) mass is 290 g/mol. The summed E-state index contributed by atoms with van der Waals surface area (Å²) in [6, 6.07) is 7.32. The van der Waals surface area contributed by atoms with E-state index in [1.165, 1.54) is 0 Å². The molecule has 114 valence electrons. The van der Waals surface area contributed by atoms with Crippen LogP contribution in [0.15, 0.2) is 28.7 Å². The van der Waals surface area contributed by atoms with Gasteiger partial charge in [0.15, 0.2) is 0 Å². The Morgan fingerprint density at radius 1 is 1.29 bits per heavy atom. The van der Waals surface area contributed by atoms with Gasteiger partial charge in [-0.2, -0.15) is 0 Å². The minimum Gasteiger partial charge on any atom is -0.475 e. The lowest BCUT2D eigenvalue weighted by Crippen LogP contribution is -2.31. The number of carboxylic acid groups (broad SMARTS) is 1. The SMILES string of the molecule is CCN(CC)CCNCc1ccc2oc(C(=O)O)cc2c1. The molecule has 5 heteroatoms. The summed E-state index contributed by atoms with van der Waals surface area (Å²) in [5.74, 6) is -1.05. The molecule has 21 heavy (non-hydrogen) atoms. The molecule has 1 heterocycles. The predicted molar refractivity (Wildman–Crippen MR) is 82.7 cm³/mol. The second kappa shape index (κ2) is 7.24. The van der Waals surface area contributed by atoms with Crippen molar-refractivity contribution in [3.05, 3.63) is 35.6 Å². The first kappa shape index (κ1) is 15.5. The molecule has 2 aromatic rings. The summed E-state index contributed by atoms with van der Waals surface area (Å²) in [5, 5.41) is 13.2. The predicted octanol–water partition coefficient (Wildman–Crippen LogP) is 2.56. The summed E-state index contributed by atoms with van der Waals surface area (Å²) < 4.78 is 5.24. The molecule has 2 rings (SSSR count). The number of carbonyl (C=O) groups is 1. The zero-order valence-corrected chi connectivity index (χ0v) is 12.6. The Balaban J connectivity index is 1.92. The molecule has 0 atom stereocenters. The van der Waals surface area contributed by atoms with E-state index in [1.807, 2.05) is 18.2 Å². The third-order valence-electron chi connectivity index (χ3n) is 3.62. The number of furan rings is 1. The van der Waals surface area contributed by atoms with Crippen molar-refractivity contribution in [1.29, 1.82) is 0 Å². The van der Waals surface area contributed by atoms with Gasteiger partial charge in [0.2, 0.25) is 5.76 Å². The average Bonchev–Trinajstić information content (AvgIpc) is 2.91. The maximum atomic E-state index is 10.9. The third-order valence-corrected chi connectivity index (χ3v) is 3.62. The molecule has 1 aromatic carbocycles. The van der Waals surface area contributed by atoms with Gasteiger partial charge in [-0.25, -0.2) is 4.79 Å². The number of carboxylic acids is 1. The Hall–Kier alpha value is -1.85. The van der Waals surface area contributed by atoms with Crippen LogP contribution in [0.3, 0.4) is 0 Å². The van der Waals surface area contributed by atoms with Crippen molar-refractivity contribution in [1.82, 2.24) is 10.2 Å². The fourth-order valence-corrected chi connectivity index (χ4v) is 2.32. The Kier molecular flexibility index (Phi) is 5.36. The van der Waals surface area contributed by atoms with E-state index in [-0.39, 0.29) is 5.76 Å². The van der Waals surface area contributed by atoms with Gasteiger partial charge < -0.3 is 19.7 Å². The molecule has 0 bridgehead atoms. The molecular weight excluding hydrogens is 268 g/mol. The second-order valence-electron chi connectivity index (χ2n) is 4.99. The molecule has 0 spiro atoms. The van der Waals surface area contributed by atoms with E-state index >= 15 is 0 Å². The number of fused-ring (bicyclic) bond motifs is 1. The molecule has 0 fully saturated rings. The minimum absolute atomic E-state index is 0.0170. The molecule has 0 saturated carbocycles. The molecular formula is C16H22N2O3. The number of aromatic carboxylic acids is 1. The number of likely N-dealkylation sites (N-methyl/N-ethyl adjacent to an activating group) is 1. The van der Waals surface area contributed by atoms with Crippen LogP contribution in [-0.4, -0.2) is 42.2 Å². The van der Waals surface area contributed by atoms with Crippen molar-refractivity contribution in [3.8, 4) is 0 Å². The fraction of sp³-hybridized carbons (Fsp3) is 0.438. The van der Waals surface area contributed by atoms with Crippen LogP contribution >= 0.6 is 0 Å². The molecule has 0 unspecified atom stereocenters. The van der Waals surface area contributed by atoms with Crippen LogP contribution in [0.1, 0.15) is 30.0 Å². The first-order valence-corrected chi connectivity index (χ1v) is 7.32. The topological polar surface area (TPSA) is 65.7 Å². The standard InChI is InChI=1S/C16H22N2O3/c1-3-18(4-2)8-7-17-11-12-5-6-14-13(9-12)10-15(21-14)16(19)20/h5-6,9-10,17H,3-4,7-8,11H2,1-2H3,(H,19,20). The fourth-order valence-electron chi connectivity index (χ4n) is 2.32. The molecule has 0 radical (unpaired) electrons. The van der Waals surface area contributed by atoms with Gasteiger partial charge >= 0.3 is 5.97 Å². The van der Waals surface area contributed by atoms with Gasteiger partial charge in [0.25, 0.3) is 0 Å². The lowest BCUT2D eigenvalue weighted by molar-refractivity contribution is 0.0665. The van der Waals surface area contributed by atoms with Gasteiger partial charge in [0, 0.05) is 25.0 Å². The second-order valence-corrected chi connectivity index (χ2v) is 4.99. The van der Waals surface area contributed by atoms with Crippen molar-refractivity contribution < 1.29 is 14.3 Å². The van der Waals surface area contributed by atoms with Crippen LogP contribution in [0.5, 0.6) is 0 Å². The van der Waals surface area contributed by atoms with Crippen LogP contribution in [-0.2, 0) is 6.54 Å². The van der Waals surface area contributed by atoms with Gasteiger partial charge in [-0.15, -0.1) is 0 Å². The van der Waals surface area contributed by atoms with E-state index in [4.69, 9.17) is 9.52 Å². The highest BCUT2D eigenvalue weighted by atomic mass is 16.4. The van der Waals surface area contributed by atoms with Gasteiger partial charge in [0.05, 0.1) is 0 Å². The summed E-state index contributed by atoms with van der Waals surface area (Å²) in [4.78, 5) is 13.2. The number of nitrogens with zero attached hydrogens (tertiary/aromatic N) is 1. The van der Waals surface area contributed by atoms with Crippen LogP contribution in [0.2, 0.25) is 0 Å². The average molecular weight is 290 g/mol. The smallest absolute Gasteiger partial charge is 0.371 e. The first-order valence-electron chi connectivity index (χ1n) is 7.32. The van der Waals surface area contributed by atoms with Crippen LogP contribution < -0.4 is 5.32 Å². The van der Waals surface area contributed by atoms with E-state index in [9.17, 15) is 4.79 Å². The molecule has 2 N–H and O–H groups in total. The first-order chi connectivity index (χ1) is 10.1. The zero-order valence-electron chi connectivity index (χ0n) is 12.6. The molecule has 0 aliphatic heterocycles. The van der Waals surface area contributed by atoms with Crippen molar-refractivity contribution in [2.75, 3.05) is 26.2 Å². The van der Waals surface area contributed by atoms with Crippen molar-refractivity contribution >= 4 is 16.9 Å². The van der Waals surface area contributed by atoms with Gasteiger partial charge in [-0.1, -0.05) is 19.9 Å². The number of nitrogens with one attached hydrogen (secondary N) is 1. The summed E-state index contributed by atoms with van der Waals surface area (Å²) in [5.41, 5.74) is 1.74. The molecule has 0 aliphatic rings. The summed E-state index contributed by atoms with van der Waals surface area (Å²) in [6.45, 7) is 9.20. The quantitative estimate of drug-likeness (QED) is 0.731. The summed E-state index contributed by atoms with van der Waals surface area (Å²) in [6.07, 6.45) is 0. The Bertz CT molecular complexity index is 603. The van der Waals surface area contributed by atoms with Gasteiger partial charge in [-0.3, -0.25) is 0 Å². The van der Waals surface area contributed by atoms with Crippen molar-refractivity contribution in [2.45, 2.75) is 20.4 Å². The Morgan fingerprint density at radius 2 is 2.05 bits per heavy atom. The van der Waals surface area contributed by atoms with Gasteiger partial charge in [-0.05, 0) is 36.9 Å². The molecule has 0 amide bonds. The Labute approximate surface area is 124 Å². The summed E-state index contributed by atoms with van der Waals surface area (Å²) >= 11 is 0. The lowest BCUT2D eigenvalue weighted by atomic mass is 10.1. The van der Waals surface area contributed by atoms with Crippen molar-refractivity contribution in [2.24, 2.45) is 0 Å². The lowest BCUT2D eigenvalue weighted by Gasteiger charge is -2.17. The van der Waals surface area contributed by atoms with Crippen molar-refractivity contribution in [3.63, 3.8) is 0 Å². The molecule has 0 saturated heterocycles. The zero-order chi connectivity index (χ0) is 15.2. The summed E-state index contributed by atoms with van der Waals surface area (Å²) in [7, 11) is 0. The van der Waals surface area contributed by atoms with E-state index in [2.05, 4.69) is 24.1 Å².